The van der Waals surface area contributed by atoms with Crippen LogP contribution in [0.2, 0.25) is 15.1 Å². The lowest BCUT2D eigenvalue weighted by Crippen LogP contribution is -2.32. The zero-order chi connectivity index (χ0) is 17.7. The first-order valence-electron chi connectivity index (χ1n) is 6.41. The van der Waals surface area contributed by atoms with Crippen LogP contribution in [0, 0.1) is 5.82 Å². The molecule has 2 rings (SSSR count). The van der Waals surface area contributed by atoms with Gasteiger partial charge in [0.15, 0.2) is 0 Å². The molecule has 2 amide bonds. The molecule has 0 spiro atoms. The number of rotatable bonds is 3. The molecule has 2 aromatic rings. The number of hydrazone groups is 1. The van der Waals surface area contributed by atoms with Crippen molar-refractivity contribution >= 4 is 58.5 Å². The standard InChI is InChI=1S/C15H9Cl3FN3O2/c16-9-2-1-8(11(17)5-9)7-20-22-15(24)14(23)21-10-3-4-13(19)12(18)6-10/h1-7H,(H,21,23)(H,22,24). The first kappa shape index (κ1) is 18.2. The van der Waals surface area contributed by atoms with Crippen LogP contribution in [-0.2, 0) is 9.59 Å². The van der Waals surface area contributed by atoms with E-state index >= 15 is 0 Å². The maximum Gasteiger partial charge on any atom is 0.329 e. The molecule has 0 radical (unpaired) electrons. The predicted octanol–water partition coefficient (Wildman–Crippen LogP) is 3.87. The summed E-state index contributed by atoms with van der Waals surface area (Å²) >= 11 is 17.3. The molecule has 5 nitrogen and oxygen atoms in total. The fraction of sp³-hybridized carbons (Fsp3) is 0. The Labute approximate surface area is 151 Å². The van der Waals surface area contributed by atoms with E-state index in [1.165, 1.54) is 24.4 Å². The van der Waals surface area contributed by atoms with Crippen molar-refractivity contribution in [3.8, 4) is 0 Å². The van der Waals surface area contributed by atoms with Gasteiger partial charge in [0.2, 0.25) is 0 Å². The first-order chi connectivity index (χ1) is 11.4. The van der Waals surface area contributed by atoms with Crippen LogP contribution in [0.5, 0.6) is 0 Å². The Kier molecular flexibility index (Phi) is 6.14. The molecule has 0 aliphatic heterocycles. The zero-order valence-electron chi connectivity index (χ0n) is 11.8. The van der Waals surface area contributed by atoms with E-state index in [4.69, 9.17) is 34.8 Å². The largest absolute Gasteiger partial charge is 0.329 e. The second-order valence-electron chi connectivity index (χ2n) is 4.45. The second-order valence-corrected chi connectivity index (χ2v) is 5.70. The van der Waals surface area contributed by atoms with Gasteiger partial charge >= 0.3 is 11.8 Å². The average molecular weight is 389 g/mol. The number of nitrogens with one attached hydrogen (secondary N) is 2. The summed E-state index contributed by atoms with van der Waals surface area (Å²) in [5.74, 6) is -2.64. The summed E-state index contributed by atoms with van der Waals surface area (Å²) < 4.78 is 13.0. The lowest BCUT2D eigenvalue weighted by molar-refractivity contribution is -0.136. The summed E-state index contributed by atoms with van der Waals surface area (Å²) in [4.78, 5) is 23.3. The van der Waals surface area contributed by atoms with Gasteiger partial charge in [0.05, 0.1) is 16.3 Å². The summed E-state index contributed by atoms with van der Waals surface area (Å²) in [6.45, 7) is 0. The third-order valence-corrected chi connectivity index (χ3v) is 3.57. The molecule has 2 aromatic carbocycles. The number of carbonyl (C=O) groups is 2. The van der Waals surface area contributed by atoms with Gasteiger partial charge in [0.1, 0.15) is 5.82 Å². The van der Waals surface area contributed by atoms with E-state index in [1.54, 1.807) is 12.1 Å². The van der Waals surface area contributed by atoms with Crippen molar-refractivity contribution in [1.29, 1.82) is 0 Å². The van der Waals surface area contributed by atoms with Crippen molar-refractivity contribution in [3.63, 3.8) is 0 Å². The number of nitrogens with zero attached hydrogens (tertiary/aromatic N) is 1. The van der Waals surface area contributed by atoms with Crippen LogP contribution in [0.25, 0.3) is 0 Å². The number of hydrogen-bond donors (Lipinski definition) is 2. The van der Waals surface area contributed by atoms with Crippen molar-refractivity contribution < 1.29 is 14.0 Å². The van der Waals surface area contributed by atoms with Crippen molar-refractivity contribution in [2.75, 3.05) is 5.32 Å². The highest BCUT2D eigenvalue weighted by Gasteiger charge is 2.13. The summed E-state index contributed by atoms with van der Waals surface area (Å²) in [7, 11) is 0. The number of amides is 2. The summed E-state index contributed by atoms with van der Waals surface area (Å²) in [5, 5.41) is 6.50. The zero-order valence-corrected chi connectivity index (χ0v) is 14.1. The minimum atomic E-state index is -1.02. The molecule has 9 heteroatoms. The Morgan fingerprint density at radius 1 is 1.00 bits per heavy atom. The van der Waals surface area contributed by atoms with Gasteiger partial charge in [-0.2, -0.15) is 5.10 Å². The average Bonchev–Trinajstić information content (AvgIpc) is 2.53. The number of benzene rings is 2. The second kappa shape index (κ2) is 8.10. The predicted molar refractivity (Wildman–Crippen MR) is 92.2 cm³/mol. The van der Waals surface area contributed by atoms with E-state index in [2.05, 4.69) is 10.4 Å². The highest BCUT2D eigenvalue weighted by molar-refractivity contribution is 6.40. The normalized spacial score (nSPS) is 10.7. The minimum Gasteiger partial charge on any atom is -0.318 e. The van der Waals surface area contributed by atoms with Crippen molar-refractivity contribution in [2.45, 2.75) is 0 Å². The molecule has 24 heavy (non-hydrogen) atoms. The Morgan fingerprint density at radius 2 is 1.75 bits per heavy atom. The van der Waals surface area contributed by atoms with Crippen LogP contribution in [0.15, 0.2) is 41.5 Å². The molecular weight excluding hydrogens is 380 g/mol. The van der Waals surface area contributed by atoms with E-state index in [0.29, 0.717) is 15.6 Å². The Morgan fingerprint density at radius 3 is 2.42 bits per heavy atom. The summed E-state index contributed by atoms with van der Waals surface area (Å²) in [6.07, 6.45) is 1.26. The van der Waals surface area contributed by atoms with E-state index < -0.39 is 17.6 Å². The van der Waals surface area contributed by atoms with Gasteiger partial charge in [-0.15, -0.1) is 0 Å². The fourth-order valence-corrected chi connectivity index (χ4v) is 2.22. The van der Waals surface area contributed by atoms with E-state index in [0.717, 1.165) is 6.07 Å². The maximum atomic E-state index is 13.0. The van der Waals surface area contributed by atoms with Gasteiger partial charge in [-0.3, -0.25) is 9.59 Å². The topological polar surface area (TPSA) is 70.6 Å². The molecule has 0 atom stereocenters. The molecule has 0 saturated heterocycles. The molecule has 0 aromatic heterocycles. The third kappa shape index (κ3) is 4.92. The number of hydrogen-bond acceptors (Lipinski definition) is 3. The van der Waals surface area contributed by atoms with Crippen LogP contribution in [0.1, 0.15) is 5.56 Å². The van der Waals surface area contributed by atoms with E-state index in [9.17, 15) is 14.0 Å². The molecule has 124 valence electrons. The van der Waals surface area contributed by atoms with Gasteiger partial charge in [-0.1, -0.05) is 40.9 Å². The van der Waals surface area contributed by atoms with E-state index in [-0.39, 0.29) is 10.7 Å². The Bertz CT molecular complexity index is 828. The molecule has 0 bridgehead atoms. The summed E-state index contributed by atoms with van der Waals surface area (Å²) in [5.41, 5.74) is 2.72. The van der Waals surface area contributed by atoms with Gasteiger partial charge in [-0.25, -0.2) is 9.82 Å². The van der Waals surface area contributed by atoms with Gasteiger partial charge < -0.3 is 5.32 Å². The van der Waals surface area contributed by atoms with Crippen molar-refractivity contribution in [1.82, 2.24) is 5.43 Å². The Hall–Kier alpha value is -2.15. The fourth-order valence-electron chi connectivity index (χ4n) is 1.58. The molecule has 0 aliphatic rings. The molecule has 0 aliphatic carbocycles. The molecule has 0 fully saturated rings. The van der Waals surface area contributed by atoms with Crippen LogP contribution in [0.4, 0.5) is 10.1 Å². The van der Waals surface area contributed by atoms with Gasteiger partial charge in [0, 0.05) is 16.3 Å². The quantitative estimate of drug-likeness (QED) is 0.476. The lowest BCUT2D eigenvalue weighted by Gasteiger charge is -2.04. The molecule has 0 unspecified atom stereocenters. The maximum absolute atomic E-state index is 13.0. The van der Waals surface area contributed by atoms with Crippen LogP contribution >= 0.6 is 34.8 Å². The summed E-state index contributed by atoms with van der Waals surface area (Å²) in [6, 6.07) is 8.22. The number of carbonyl (C=O) groups excluding carboxylic acids is 2. The Balaban J connectivity index is 1.95. The van der Waals surface area contributed by atoms with Crippen LogP contribution in [0.3, 0.4) is 0 Å². The van der Waals surface area contributed by atoms with Crippen LogP contribution < -0.4 is 10.7 Å². The van der Waals surface area contributed by atoms with Gasteiger partial charge in [-0.05, 0) is 30.3 Å². The minimum absolute atomic E-state index is 0.172. The first-order valence-corrected chi connectivity index (χ1v) is 7.54. The highest BCUT2D eigenvalue weighted by Crippen LogP contribution is 2.20. The number of anilines is 1. The van der Waals surface area contributed by atoms with Crippen LogP contribution in [-0.4, -0.2) is 18.0 Å². The van der Waals surface area contributed by atoms with Crippen molar-refractivity contribution in [2.24, 2.45) is 5.10 Å². The smallest absolute Gasteiger partial charge is 0.318 e. The van der Waals surface area contributed by atoms with Crippen molar-refractivity contribution in [3.05, 3.63) is 62.8 Å². The molecule has 0 heterocycles. The monoisotopic (exact) mass is 387 g/mol. The SMILES string of the molecule is O=C(NN=Cc1ccc(Cl)cc1Cl)C(=O)Nc1ccc(F)c(Cl)c1. The molecule has 0 saturated carbocycles. The third-order valence-electron chi connectivity index (χ3n) is 2.72. The molecule has 2 N–H and O–H groups in total. The number of halogens is 4. The van der Waals surface area contributed by atoms with Gasteiger partial charge in [0.25, 0.3) is 0 Å². The van der Waals surface area contributed by atoms with E-state index in [1.807, 2.05) is 5.43 Å². The lowest BCUT2D eigenvalue weighted by atomic mass is 10.2. The highest BCUT2D eigenvalue weighted by atomic mass is 35.5. The molecular formula is C15H9Cl3FN3O2.